The zero-order valence-electron chi connectivity index (χ0n) is 11.3. The molecule has 0 aliphatic heterocycles. The van der Waals surface area contributed by atoms with Crippen molar-refractivity contribution >= 4 is 17.9 Å². The maximum absolute atomic E-state index is 11.2. The summed E-state index contributed by atoms with van der Waals surface area (Å²) in [7, 11) is 0. The van der Waals surface area contributed by atoms with Crippen LogP contribution in [0.4, 0.5) is 5.69 Å². The molecule has 0 aliphatic rings. The molecule has 2 aromatic carbocycles. The van der Waals surface area contributed by atoms with Crippen molar-refractivity contribution in [3.8, 4) is 11.5 Å². The first-order valence-electron chi connectivity index (χ1n) is 6.20. The number of rotatable bonds is 4. The lowest BCUT2D eigenvalue weighted by atomic mass is 10.1. The van der Waals surface area contributed by atoms with Crippen LogP contribution in [0.25, 0.3) is 0 Å². The summed E-state index contributed by atoms with van der Waals surface area (Å²) in [5.74, 6) is 0.777. The van der Waals surface area contributed by atoms with Crippen LogP contribution in [0, 0.1) is 6.92 Å². The molecule has 0 aliphatic carbocycles. The lowest BCUT2D eigenvalue weighted by molar-refractivity contribution is -0.114. The average molecular weight is 269 g/mol. The van der Waals surface area contributed by atoms with Gasteiger partial charge in [-0.15, -0.1) is 0 Å². The molecule has 0 bridgehead atoms. The third kappa shape index (κ3) is 3.23. The second-order valence-corrected chi connectivity index (χ2v) is 4.44. The Kier molecular flexibility index (Phi) is 4.15. The number of nitrogens with one attached hydrogen (secondary N) is 1. The molecule has 4 nitrogen and oxygen atoms in total. The Balaban J connectivity index is 2.35. The van der Waals surface area contributed by atoms with Crippen molar-refractivity contribution in [1.82, 2.24) is 0 Å². The number of carbonyl (C=O) groups is 2. The summed E-state index contributed by atoms with van der Waals surface area (Å²) >= 11 is 0. The van der Waals surface area contributed by atoms with Gasteiger partial charge in [-0.3, -0.25) is 9.59 Å². The van der Waals surface area contributed by atoms with Crippen LogP contribution in [0.2, 0.25) is 0 Å². The van der Waals surface area contributed by atoms with E-state index in [-0.39, 0.29) is 5.91 Å². The SMILES string of the molecule is CC(=O)Nc1ccccc1Oc1ccc(C)cc1C=O. The van der Waals surface area contributed by atoms with Crippen molar-refractivity contribution in [2.45, 2.75) is 13.8 Å². The van der Waals surface area contributed by atoms with E-state index in [2.05, 4.69) is 5.32 Å². The van der Waals surface area contributed by atoms with Gasteiger partial charge in [0.1, 0.15) is 5.75 Å². The van der Waals surface area contributed by atoms with Gasteiger partial charge in [-0.25, -0.2) is 0 Å². The first kappa shape index (κ1) is 13.8. The standard InChI is InChI=1S/C16H15NO3/c1-11-7-8-15(13(9-11)10-18)20-16-6-4-3-5-14(16)17-12(2)19/h3-10H,1-2H3,(H,17,19). The van der Waals surface area contributed by atoms with Crippen molar-refractivity contribution < 1.29 is 14.3 Å². The molecule has 0 atom stereocenters. The number of para-hydroxylation sites is 2. The van der Waals surface area contributed by atoms with Gasteiger partial charge < -0.3 is 10.1 Å². The minimum atomic E-state index is -0.180. The van der Waals surface area contributed by atoms with E-state index in [9.17, 15) is 9.59 Å². The molecule has 0 heterocycles. The van der Waals surface area contributed by atoms with E-state index >= 15 is 0 Å². The van der Waals surface area contributed by atoms with Crippen molar-refractivity contribution in [3.05, 3.63) is 53.6 Å². The molecular formula is C16H15NO3. The molecule has 0 saturated heterocycles. The van der Waals surface area contributed by atoms with E-state index in [4.69, 9.17) is 4.74 Å². The van der Waals surface area contributed by atoms with Gasteiger partial charge in [0.2, 0.25) is 5.91 Å². The van der Waals surface area contributed by atoms with Crippen LogP contribution in [0.1, 0.15) is 22.8 Å². The number of benzene rings is 2. The van der Waals surface area contributed by atoms with Crippen LogP contribution < -0.4 is 10.1 Å². The Morgan fingerprint density at radius 2 is 1.90 bits per heavy atom. The molecule has 0 radical (unpaired) electrons. The second kappa shape index (κ2) is 6.02. The van der Waals surface area contributed by atoms with Crippen molar-refractivity contribution in [2.75, 3.05) is 5.32 Å². The van der Waals surface area contributed by atoms with Crippen LogP contribution in [-0.4, -0.2) is 12.2 Å². The second-order valence-electron chi connectivity index (χ2n) is 4.44. The van der Waals surface area contributed by atoms with Gasteiger partial charge in [-0.2, -0.15) is 0 Å². The highest BCUT2D eigenvalue weighted by Gasteiger charge is 2.09. The minimum Gasteiger partial charge on any atom is -0.454 e. The van der Waals surface area contributed by atoms with Gasteiger partial charge in [-0.05, 0) is 31.2 Å². The normalized spacial score (nSPS) is 9.90. The van der Waals surface area contributed by atoms with Gasteiger partial charge in [0.15, 0.2) is 12.0 Å². The molecule has 0 aromatic heterocycles. The van der Waals surface area contributed by atoms with E-state index in [0.29, 0.717) is 22.7 Å². The van der Waals surface area contributed by atoms with Crippen LogP contribution in [0.3, 0.4) is 0 Å². The zero-order chi connectivity index (χ0) is 14.5. The highest BCUT2D eigenvalue weighted by molar-refractivity contribution is 5.90. The number of aldehydes is 1. The Labute approximate surface area is 117 Å². The summed E-state index contributed by atoms with van der Waals surface area (Å²) in [4.78, 5) is 22.2. The maximum atomic E-state index is 11.2. The quantitative estimate of drug-likeness (QED) is 0.863. The van der Waals surface area contributed by atoms with Gasteiger partial charge in [0.05, 0.1) is 11.3 Å². The van der Waals surface area contributed by atoms with E-state index in [1.54, 1.807) is 36.4 Å². The molecule has 20 heavy (non-hydrogen) atoms. The summed E-state index contributed by atoms with van der Waals surface area (Å²) in [6.07, 6.45) is 0.753. The largest absolute Gasteiger partial charge is 0.454 e. The molecular weight excluding hydrogens is 254 g/mol. The topological polar surface area (TPSA) is 55.4 Å². The van der Waals surface area contributed by atoms with Crippen molar-refractivity contribution in [1.29, 1.82) is 0 Å². The van der Waals surface area contributed by atoms with Gasteiger partial charge in [0.25, 0.3) is 0 Å². The fraction of sp³-hybridized carbons (Fsp3) is 0.125. The Hall–Kier alpha value is -2.62. The fourth-order valence-electron chi connectivity index (χ4n) is 1.82. The summed E-state index contributed by atoms with van der Waals surface area (Å²) < 4.78 is 5.74. The molecule has 1 N–H and O–H groups in total. The highest BCUT2D eigenvalue weighted by Crippen LogP contribution is 2.31. The Bertz CT molecular complexity index is 650. The molecule has 0 unspecified atom stereocenters. The molecule has 0 spiro atoms. The molecule has 2 rings (SSSR count). The molecule has 0 saturated carbocycles. The van der Waals surface area contributed by atoms with E-state index in [1.165, 1.54) is 6.92 Å². The number of hydrogen-bond donors (Lipinski definition) is 1. The minimum absolute atomic E-state index is 0.180. The monoisotopic (exact) mass is 269 g/mol. The molecule has 2 aromatic rings. The molecule has 1 amide bonds. The number of hydrogen-bond acceptors (Lipinski definition) is 3. The summed E-state index contributed by atoms with van der Waals surface area (Å²) in [5, 5.41) is 2.69. The summed E-state index contributed by atoms with van der Waals surface area (Å²) in [6, 6.07) is 12.4. The number of carbonyl (C=O) groups excluding carboxylic acids is 2. The van der Waals surface area contributed by atoms with Gasteiger partial charge >= 0.3 is 0 Å². The molecule has 102 valence electrons. The third-order valence-corrected chi connectivity index (χ3v) is 2.71. The summed E-state index contributed by atoms with van der Waals surface area (Å²) in [6.45, 7) is 3.33. The number of anilines is 1. The Morgan fingerprint density at radius 1 is 1.15 bits per heavy atom. The van der Waals surface area contributed by atoms with E-state index in [1.807, 2.05) is 13.0 Å². The number of aryl methyl sites for hydroxylation is 1. The molecule has 4 heteroatoms. The van der Waals surface area contributed by atoms with Crippen molar-refractivity contribution in [3.63, 3.8) is 0 Å². The smallest absolute Gasteiger partial charge is 0.221 e. The highest BCUT2D eigenvalue weighted by atomic mass is 16.5. The van der Waals surface area contributed by atoms with Crippen LogP contribution in [-0.2, 0) is 4.79 Å². The molecule has 0 fully saturated rings. The van der Waals surface area contributed by atoms with Gasteiger partial charge in [-0.1, -0.05) is 23.8 Å². The number of ether oxygens (including phenoxy) is 1. The number of amides is 1. The maximum Gasteiger partial charge on any atom is 0.221 e. The van der Waals surface area contributed by atoms with E-state index < -0.39 is 0 Å². The van der Waals surface area contributed by atoms with Crippen LogP contribution in [0.5, 0.6) is 11.5 Å². The lowest BCUT2D eigenvalue weighted by Crippen LogP contribution is -2.07. The first-order chi connectivity index (χ1) is 9.60. The Morgan fingerprint density at radius 3 is 2.60 bits per heavy atom. The lowest BCUT2D eigenvalue weighted by Gasteiger charge is -2.12. The van der Waals surface area contributed by atoms with E-state index in [0.717, 1.165) is 11.8 Å². The first-order valence-corrected chi connectivity index (χ1v) is 6.20. The fourth-order valence-corrected chi connectivity index (χ4v) is 1.82. The summed E-state index contributed by atoms with van der Waals surface area (Å²) in [5.41, 5.74) is 2.02. The predicted octanol–water partition coefficient (Wildman–Crippen LogP) is 3.56. The van der Waals surface area contributed by atoms with Gasteiger partial charge in [0, 0.05) is 6.92 Å². The van der Waals surface area contributed by atoms with Crippen molar-refractivity contribution in [2.24, 2.45) is 0 Å². The predicted molar refractivity (Wildman–Crippen MR) is 77.4 cm³/mol. The van der Waals surface area contributed by atoms with Crippen LogP contribution in [0.15, 0.2) is 42.5 Å². The third-order valence-electron chi connectivity index (χ3n) is 2.71. The average Bonchev–Trinajstić information content (AvgIpc) is 2.42. The zero-order valence-corrected chi connectivity index (χ0v) is 11.3. The van der Waals surface area contributed by atoms with Crippen LogP contribution >= 0.6 is 0 Å².